The van der Waals surface area contributed by atoms with Crippen LogP contribution in [0.15, 0.2) is 16.8 Å². The average molecular weight is 514 g/mol. The van der Waals surface area contributed by atoms with Crippen molar-refractivity contribution in [2.75, 3.05) is 32.2 Å². The fourth-order valence-corrected chi connectivity index (χ4v) is 5.08. The Labute approximate surface area is 203 Å². The largest absolute Gasteiger partial charge is 0.465 e. The number of hydrogen-bond acceptors (Lipinski definition) is 9. The molecule has 4 rings (SSSR count). The first kappa shape index (κ1) is 23.6. The summed E-state index contributed by atoms with van der Waals surface area (Å²) >= 11 is 13.5. The van der Waals surface area contributed by atoms with E-state index in [1.165, 1.54) is 24.6 Å². The van der Waals surface area contributed by atoms with Crippen molar-refractivity contribution in [1.82, 2.24) is 20.4 Å². The number of amides is 1. The van der Waals surface area contributed by atoms with Crippen molar-refractivity contribution in [3.05, 3.63) is 38.6 Å². The number of anilines is 1. The van der Waals surface area contributed by atoms with Crippen LogP contribution in [0.5, 0.6) is 0 Å². The second-order valence-corrected chi connectivity index (χ2v) is 9.12. The van der Waals surface area contributed by atoms with Gasteiger partial charge in [-0.2, -0.15) is 0 Å². The van der Waals surface area contributed by atoms with Crippen LogP contribution in [0, 0.1) is 6.92 Å². The topological polar surface area (TPSA) is 123 Å². The van der Waals surface area contributed by atoms with E-state index in [9.17, 15) is 9.59 Å². The number of carbonyl (C=O) groups is 2. The van der Waals surface area contributed by atoms with Gasteiger partial charge in [0, 0.05) is 32.0 Å². The first-order valence-electron chi connectivity index (χ1n) is 9.96. The Morgan fingerprint density at radius 1 is 1.33 bits per heavy atom. The Morgan fingerprint density at radius 2 is 2.12 bits per heavy atom. The zero-order valence-electron chi connectivity index (χ0n) is 18.0. The van der Waals surface area contributed by atoms with Crippen LogP contribution in [0.4, 0.5) is 5.13 Å². The highest BCUT2D eigenvalue weighted by Gasteiger charge is 2.34. The molecule has 0 unspecified atom stereocenters. The predicted octanol–water partition coefficient (Wildman–Crippen LogP) is 3.55. The second-order valence-electron chi connectivity index (χ2n) is 7.38. The molecule has 1 saturated heterocycles. The van der Waals surface area contributed by atoms with Gasteiger partial charge in [-0.1, -0.05) is 39.7 Å². The number of hydrogen-bond donors (Lipinski definition) is 2. The van der Waals surface area contributed by atoms with Crippen LogP contribution in [0.25, 0.3) is 11.5 Å². The lowest BCUT2D eigenvalue weighted by atomic mass is 10.0. The molecule has 0 saturated carbocycles. The second kappa shape index (κ2) is 9.72. The van der Waals surface area contributed by atoms with Crippen LogP contribution in [-0.2, 0) is 9.47 Å². The summed E-state index contributed by atoms with van der Waals surface area (Å²) in [7, 11) is 2.89. The highest BCUT2D eigenvalue weighted by molar-refractivity contribution is 7.17. The van der Waals surface area contributed by atoms with Gasteiger partial charge in [-0.05, 0) is 13.3 Å². The van der Waals surface area contributed by atoms with Crippen LogP contribution in [0.1, 0.15) is 32.3 Å². The number of aromatic nitrogens is 3. The van der Waals surface area contributed by atoms with Gasteiger partial charge >= 0.3 is 5.97 Å². The molecular weight excluding hydrogens is 493 g/mol. The van der Waals surface area contributed by atoms with E-state index in [4.69, 9.17) is 37.2 Å². The van der Waals surface area contributed by atoms with Gasteiger partial charge in [0.25, 0.3) is 5.91 Å². The summed E-state index contributed by atoms with van der Waals surface area (Å²) in [5.41, 5.74) is 1.21. The smallest absolute Gasteiger partial charge is 0.350 e. The number of piperidine rings is 1. The first-order valence-corrected chi connectivity index (χ1v) is 11.5. The molecule has 0 aliphatic carbocycles. The summed E-state index contributed by atoms with van der Waals surface area (Å²) in [6.07, 6.45) is 1.74. The molecule has 0 bridgehead atoms. The minimum Gasteiger partial charge on any atom is -0.465 e. The maximum atomic E-state index is 12.8. The molecule has 1 aliphatic heterocycles. The van der Waals surface area contributed by atoms with Crippen LogP contribution in [-0.4, -0.2) is 66.5 Å². The van der Waals surface area contributed by atoms with Crippen molar-refractivity contribution in [2.45, 2.75) is 25.5 Å². The molecule has 4 heterocycles. The lowest BCUT2D eigenvalue weighted by molar-refractivity contribution is 0.0540. The SMILES string of the molecule is COC(=O)c1sc(N2CC[C@@H](NC(=O)c3[nH]c(C)c(Cl)c3Cl)[C@@H](OC)C2)nc1-c1ccno1. The summed E-state index contributed by atoms with van der Waals surface area (Å²) in [5, 5.41) is 7.80. The zero-order chi connectivity index (χ0) is 23.7. The highest BCUT2D eigenvalue weighted by atomic mass is 35.5. The van der Waals surface area contributed by atoms with E-state index >= 15 is 0 Å². The van der Waals surface area contributed by atoms with Crippen LogP contribution in [0.2, 0.25) is 10.0 Å². The molecule has 0 radical (unpaired) electrons. The molecule has 2 atom stereocenters. The van der Waals surface area contributed by atoms with Gasteiger partial charge in [-0.15, -0.1) is 0 Å². The minimum atomic E-state index is -0.507. The number of aromatic amines is 1. The number of halogens is 2. The van der Waals surface area contributed by atoms with E-state index in [1.807, 2.05) is 4.90 Å². The summed E-state index contributed by atoms with van der Waals surface area (Å²) in [6, 6.07) is 1.37. The van der Waals surface area contributed by atoms with E-state index in [0.717, 1.165) is 0 Å². The van der Waals surface area contributed by atoms with Gasteiger partial charge in [-0.3, -0.25) is 4.79 Å². The Bertz CT molecular complexity index is 1160. The number of rotatable bonds is 6. The van der Waals surface area contributed by atoms with Crippen molar-refractivity contribution in [1.29, 1.82) is 0 Å². The molecule has 33 heavy (non-hydrogen) atoms. The van der Waals surface area contributed by atoms with Crippen LogP contribution in [0.3, 0.4) is 0 Å². The Hall–Kier alpha value is -2.60. The predicted molar refractivity (Wildman–Crippen MR) is 123 cm³/mol. The molecule has 3 aromatic rings. The summed E-state index contributed by atoms with van der Waals surface area (Å²) < 4.78 is 15.7. The summed E-state index contributed by atoms with van der Waals surface area (Å²) in [6.45, 7) is 2.77. The van der Waals surface area contributed by atoms with Crippen molar-refractivity contribution in [3.63, 3.8) is 0 Å². The average Bonchev–Trinajstić information content (AvgIpc) is 3.55. The van der Waals surface area contributed by atoms with Crippen molar-refractivity contribution in [3.8, 4) is 11.5 Å². The zero-order valence-corrected chi connectivity index (χ0v) is 20.3. The number of thiazole rings is 1. The lowest BCUT2D eigenvalue weighted by Gasteiger charge is -2.37. The lowest BCUT2D eigenvalue weighted by Crippen LogP contribution is -2.55. The van der Waals surface area contributed by atoms with E-state index in [-0.39, 0.29) is 28.8 Å². The van der Waals surface area contributed by atoms with Gasteiger partial charge in [-0.25, -0.2) is 9.78 Å². The Balaban J connectivity index is 1.51. The van der Waals surface area contributed by atoms with E-state index in [0.29, 0.717) is 51.7 Å². The molecule has 0 spiro atoms. The number of nitrogens with zero attached hydrogens (tertiary/aromatic N) is 3. The molecule has 2 N–H and O–H groups in total. The van der Waals surface area contributed by atoms with E-state index in [1.54, 1.807) is 20.1 Å². The minimum absolute atomic E-state index is 0.191. The number of ether oxygens (including phenoxy) is 2. The molecule has 0 aromatic carbocycles. The maximum Gasteiger partial charge on any atom is 0.350 e. The Morgan fingerprint density at radius 3 is 2.73 bits per heavy atom. The van der Waals surface area contributed by atoms with Gasteiger partial charge < -0.3 is 29.2 Å². The number of aryl methyl sites for hydroxylation is 1. The third kappa shape index (κ3) is 4.58. The molecule has 3 aromatic heterocycles. The number of methoxy groups -OCH3 is 2. The van der Waals surface area contributed by atoms with Crippen molar-refractivity contribution < 1.29 is 23.6 Å². The molecular formula is C20H21Cl2N5O5S. The Kier molecular flexibility index (Phi) is 6.94. The normalized spacial score (nSPS) is 18.4. The molecule has 13 heteroatoms. The van der Waals surface area contributed by atoms with Crippen LogP contribution >= 0.6 is 34.5 Å². The number of H-pyrrole nitrogens is 1. The fraction of sp³-hybridized carbons (Fsp3) is 0.400. The summed E-state index contributed by atoms with van der Waals surface area (Å²) in [5.74, 6) is -0.488. The monoisotopic (exact) mass is 513 g/mol. The number of carbonyl (C=O) groups excluding carboxylic acids is 2. The van der Waals surface area contributed by atoms with Crippen molar-refractivity contribution in [2.24, 2.45) is 0 Å². The highest BCUT2D eigenvalue weighted by Crippen LogP contribution is 2.35. The molecule has 10 nitrogen and oxygen atoms in total. The molecule has 1 aliphatic rings. The van der Waals surface area contributed by atoms with Gasteiger partial charge in [0.05, 0.1) is 35.5 Å². The molecule has 176 valence electrons. The third-order valence-corrected chi connectivity index (χ3v) is 7.43. The van der Waals surface area contributed by atoms with Gasteiger partial charge in [0.15, 0.2) is 10.9 Å². The number of esters is 1. The molecule has 1 amide bonds. The van der Waals surface area contributed by atoms with Crippen molar-refractivity contribution >= 4 is 51.5 Å². The van der Waals surface area contributed by atoms with Crippen LogP contribution < -0.4 is 10.2 Å². The standard InChI is InChI=1S/C20H21Cl2N5O5S/c1-9-13(21)14(22)16(24-9)18(28)25-10-5-7-27(8-12(10)30-2)20-26-15(11-4-6-23-32-11)17(33-20)19(29)31-3/h4,6,10,12,24H,5,7-8H2,1-3H3,(H,25,28)/t10-,12+/m1/s1. The first-order chi connectivity index (χ1) is 15.8. The van der Waals surface area contributed by atoms with Gasteiger partial charge in [0.2, 0.25) is 0 Å². The quantitative estimate of drug-likeness (QED) is 0.479. The van der Waals surface area contributed by atoms with Gasteiger partial charge in [0.1, 0.15) is 16.3 Å². The third-order valence-electron chi connectivity index (χ3n) is 5.39. The molecule has 1 fully saturated rings. The van der Waals surface area contributed by atoms with E-state index in [2.05, 4.69) is 20.4 Å². The van der Waals surface area contributed by atoms with E-state index < -0.39 is 5.97 Å². The number of nitrogens with one attached hydrogen (secondary N) is 2. The fourth-order valence-electron chi connectivity index (χ4n) is 3.64. The summed E-state index contributed by atoms with van der Waals surface area (Å²) in [4.78, 5) is 34.9. The maximum absolute atomic E-state index is 12.8.